The van der Waals surface area contributed by atoms with Gasteiger partial charge in [0.15, 0.2) is 5.84 Å². The summed E-state index contributed by atoms with van der Waals surface area (Å²) in [5, 5.41) is 14.8. The lowest BCUT2D eigenvalue weighted by Gasteiger charge is -2.32. The Morgan fingerprint density at radius 3 is 2.62 bits per heavy atom. The Labute approximate surface area is 125 Å². The highest BCUT2D eigenvalue weighted by atomic mass is 16.4. The summed E-state index contributed by atoms with van der Waals surface area (Å²) < 4.78 is 0. The highest BCUT2D eigenvalue weighted by Crippen LogP contribution is 2.37. The van der Waals surface area contributed by atoms with Crippen LogP contribution in [-0.2, 0) is 4.79 Å². The molecule has 1 aliphatic carbocycles. The normalized spacial score (nSPS) is 18.3. The van der Waals surface area contributed by atoms with Crippen molar-refractivity contribution in [1.82, 2.24) is 0 Å². The lowest BCUT2D eigenvalue weighted by atomic mass is 9.75. The van der Waals surface area contributed by atoms with E-state index in [1.807, 2.05) is 19.9 Å². The minimum absolute atomic E-state index is 0.0365. The number of carbonyl (C=O) groups is 1. The van der Waals surface area contributed by atoms with Crippen molar-refractivity contribution < 1.29 is 10.0 Å². The van der Waals surface area contributed by atoms with E-state index < -0.39 is 0 Å². The summed E-state index contributed by atoms with van der Waals surface area (Å²) in [7, 11) is 0. The second kappa shape index (κ2) is 6.16. The van der Waals surface area contributed by atoms with E-state index in [2.05, 4.69) is 10.5 Å². The lowest BCUT2D eigenvalue weighted by Crippen LogP contribution is -2.35. The van der Waals surface area contributed by atoms with Gasteiger partial charge in [0, 0.05) is 16.7 Å². The average molecular weight is 289 g/mol. The Balaban J connectivity index is 2.20. The molecular weight excluding hydrogens is 266 g/mol. The number of nitrogens with one attached hydrogen (secondary N) is 1. The van der Waals surface area contributed by atoms with Crippen LogP contribution in [0.5, 0.6) is 0 Å². The van der Waals surface area contributed by atoms with Crippen LogP contribution < -0.4 is 11.1 Å². The molecule has 5 heteroatoms. The van der Waals surface area contributed by atoms with Crippen molar-refractivity contribution >= 4 is 17.4 Å². The zero-order chi connectivity index (χ0) is 15.5. The molecule has 1 aliphatic rings. The topological polar surface area (TPSA) is 87.7 Å². The van der Waals surface area contributed by atoms with Gasteiger partial charge in [-0.2, -0.15) is 0 Å². The minimum atomic E-state index is -0.294. The Morgan fingerprint density at radius 1 is 1.33 bits per heavy atom. The van der Waals surface area contributed by atoms with E-state index in [1.54, 1.807) is 12.1 Å². The third kappa shape index (κ3) is 3.35. The molecule has 4 N–H and O–H groups in total. The van der Waals surface area contributed by atoms with Gasteiger partial charge in [0.25, 0.3) is 0 Å². The molecular formula is C16H23N3O2. The highest BCUT2D eigenvalue weighted by molar-refractivity contribution is 6.00. The number of aryl methyl sites for hydroxylation is 1. The van der Waals surface area contributed by atoms with Crippen LogP contribution in [0.4, 0.5) is 5.69 Å². The van der Waals surface area contributed by atoms with Crippen molar-refractivity contribution in [2.45, 2.75) is 46.0 Å². The molecule has 1 amide bonds. The SMILES string of the molecule is Cc1ccc(/C(N)=N/O)cc1NC(=O)C1(C)CCCCC1. The third-order valence-corrected chi connectivity index (χ3v) is 4.39. The quantitative estimate of drug-likeness (QED) is 0.346. The maximum Gasteiger partial charge on any atom is 0.230 e. The van der Waals surface area contributed by atoms with Gasteiger partial charge in [0.1, 0.15) is 0 Å². The van der Waals surface area contributed by atoms with Gasteiger partial charge in [-0.25, -0.2) is 0 Å². The van der Waals surface area contributed by atoms with Gasteiger partial charge in [-0.1, -0.05) is 43.5 Å². The fourth-order valence-corrected chi connectivity index (χ4v) is 2.81. The van der Waals surface area contributed by atoms with E-state index in [0.29, 0.717) is 5.56 Å². The first kappa shape index (κ1) is 15.4. The maximum atomic E-state index is 12.6. The Hall–Kier alpha value is -2.04. The maximum absolute atomic E-state index is 12.6. The molecule has 0 spiro atoms. The number of oxime groups is 1. The second-order valence-electron chi connectivity index (χ2n) is 6.09. The smallest absolute Gasteiger partial charge is 0.230 e. The van der Waals surface area contributed by atoms with E-state index >= 15 is 0 Å². The molecule has 0 bridgehead atoms. The summed E-state index contributed by atoms with van der Waals surface area (Å²) >= 11 is 0. The number of carbonyl (C=O) groups excluding carboxylic acids is 1. The number of nitrogens with zero attached hydrogens (tertiary/aromatic N) is 1. The van der Waals surface area contributed by atoms with Gasteiger partial charge in [-0.15, -0.1) is 0 Å². The number of benzene rings is 1. The van der Waals surface area contributed by atoms with Crippen LogP contribution >= 0.6 is 0 Å². The molecule has 21 heavy (non-hydrogen) atoms. The summed E-state index contributed by atoms with van der Waals surface area (Å²) in [6, 6.07) is 5.36. The summed E-state index contributed by atoms with van der Waals surface area (Å²) in [6.07, 6.45) is 5.27. The Bertz CT molecular complexity index is 561. The second-order valence-corrected chi connectivity index (χ2v) is 6.09. The summed E-state index contributed by atoms with van der Waals surface area (Å²) in [5.41, 5.74) is 7.57. The van der Waals surface area contributed by atoms with Gasteiger partial charge < -0.3 is 16.3 Å². The van der Waals surface area contributed by atoms with Crippen LogP contribution in [0.1, 0.15) is 50.2 Å². The summed E-state index contributed by atoms with van der Waals surface area (Å²) in [6.45, 7) is 3.96. The van der Waals surface area contributed by atoms with Crippen LogP contribution in [0.25, 0.3) is 0 Å². The number of anilines is 1. The molecule has 0 radical (unpaired) electrons. The van der Waals surface area contributed by atoms with Gasteiger partial charge in [-0.3, -0.25) is 4.79 Å². The van der Waals surface area contributed by atoms with Crippen molar-refractivity contribution in [3.63, 3.8) is 0 Å². The molecule has 2 rings (SSSR count). The molecule has 114 valence electrons. The van der Waals surface area contributed by atoms with E-state index in [9.17, 15) is 4.79 Å². The van der Waals surface area contributed by atoms with Crippen molar-refractivity contribution in [2.75, 3.05) is 5.32 Å². The molecule has 1 aromatic rings. The van der Waals surface area contributed by atoms with Gasteiger partial charge in [0.05, 0.1) is 0 Å². The number of hydrogen-bond acceptors (Lipinski definition) is 3. The number of amides is 1. The van der Waals surface area contributed by atoms with Crippen LogP contribution in [0, 0.1) is 12.3 Å². The Kier molecular flexibility index (Phi) is 4.50. The first-order valence-electron chi connectivity index (χ1n) is 7.36. The van der Waals surface area contributed by atoms with Crippen LogP contribution in [0.15, 0.2) is 23.4 Å². The van der Waals surface area contributed by atoms with Crippen molar-refractivity contribution in [3.8, 4) is 0 Å². The number of amidine groups is 1. The fourth-order valence-electron chi connectivity index (χ4n) is 2.81. The molecule has 0 heterocycles. The molecule has 0 aliphatic heterocycles. The van der Waals surface area contributed by atoms with Gasteiger partial charge in [-0.05, 0) is 31.4 Å². The molecule has 0 aromatic heterocycles. The fraction of sp³-hybridized carbons (Fsp3) is 0.500. The highest BCUT2D eigenvalue weighted by Gasteiger charge is 2.34. The molecule has 0 unspecified atom stereocenters. The van der Waals surface area contributed by atoms with E-state index in [-0.39, 0.29) is 17.2 Å². The average Bonchev–Trinajstić information content (AvgIpc) is 2.49. The molecule has 0 saturated heterocycles. The molecule has 1 aromatic carbocycles. The minimum Gasteiger partial charge on any atom is -0.409 e. The molecule has 0 atom stereocenters. The first-order valence-corrected chi connectivity index (χ1v) is 7.36. The lowest BCUT2D eigenvalue weighted by molar-refractivity contribution is -0.126. The third-order valence-electron chi connectivity index (χ3n) is 4.39. The standard InChI is InChI=1S/C16H23N3O2/c1-11-6-7-12(14(17)19-21)10-13(11)18-15(20)16(2)8-4-3-5-9-16/h6-7,10,21H,3-5,8-9H2,1-2H3,(H2,17,19)(H,18,20). The molecule has 1 fully saturated rings. The van der Waals surface area contributed by atoms with Gasteiger partial charge in [0.2, 0.25) is 5.91 Å². The van der Waals surface area contributed by atoms with Crippen molar-refractivity contribution in [2.24, 2.45) is 16.3 Å². The summed E-state index contributed by atoms with van der Waals surface area (Å²) in [5.74, 6) is 0.0938. The predicted octanol–water partition coefficient (Wildman–Crippen LogP) is 3.00. The number of rotatable bonds is 3. The van der Waals surface area contributed by atoms with Crippen LogP contribution in [0.3, 0.4) is 0 Å². The largest absolute Gasteiger partial charge is 0.409 e. The monoisotopic (exact) mass is 289 g/mol. The van der Waals surface area contributed by atoms with Crippen LogP contribution in [0.2, 0.25) is 0 Å². The summed E-state index contributed by atoms with van der Waals surface area (Å²) in [4.78, 5) is 12.6. The van der Waals surface area contributed by atoms with E-state index in [1.165, 1.54) is 6.42 Å². The van der Waals surface area contributed by atoms with Gasteiger partial charge >= 0.3 is 0 Å². The van der Waals surface area contributed by atoms with E-state index in [0.717, 1.165) is 36.9 Å². The van der Waals surface area contributed by atoms with E-state index in [4.69, 9.17) is 10.9 Å². The first-order chi connectivity index (χ1) is 9.96. The molecule has 5 nitrogen and oxygen atoms in total. The number of hydrogen-bond donors (Lipinski definition) is 3. The Morgan fingerprint density at radius 2 is 2.00 bits per heavy atom. The zero-order valence-corrected chi connectivity index (χ0v) is 12.6. The van der Waals surface area contributed by atoms with Crippen LogP contribution in [-0.4, -0.2) is 17.0 Å². The van der Waals surface area contributed by atoms with Crippen molar-refractivity contribution in [3.05, 3.63) is 29.3 Å². The van der Waals surface area contributed by atoms with Crippen molar-refractivity contribution in [1.29, 1.82) is 0 Å². The number of nitrogens with two attached hydrogens (primary N) is 1. The predicted molar refractivity (Wildman–Crippen MR) is 83.5 cm³/mol. The molecule has 1 saturated carbocycles. The zero-order valence-electron chi connectivity index (χ0n) is 12.6.